The quantitative estimate of drug-likeness (QED) is 0.743. The van der Waals surface area contributed by atoms with Gasteiger partial charge in [0.1, 0.15) is 0 Å². The topological polar surface area (TPSA) is 20.3 Å². The summed E-state index contributed by atoms with van der Waals surface area (Å²) in [4.78, 5) is 13.1. The third-order valence-corrected chi connectivity index (χ3v) is 2.51. The minimum Gasteiger partial charge on any atom is -0.377 e. The molecule has 0 saturated heterocycles. The van der Waals surface area contributed by atoms with Crippen LogP contribution in [0.25, 0.3) is 0 Å². The largest absolute Gasteiger partial charge is 0.377 e. The van der Waals surface area contributed by atoms with Gasteiger partial charge >= 0.3 is 0 Å². The van der Waals surface area contributed by atoms with Gasteiger partial charge in [-0.05, 0) is 35.0 Å². The maximum absolute atomic E-state index is 11.1. The predicted molar refractivity (Wildman–Crippen MR) is 58.5 cm³/mol. The lowest BCUT2D eigenvalue weighted by molar-refractivity contribution is 0.101. The number of hydrogen-bond acceptors (Lipinski definition) is 2. The lowest BCUT2D eigenvalue weighted by Gasteiger charge is -2.15. The highest BCUT2D eigenvalue weighted by Gasteiger charge is 2.05. The van der Waals surface area contributed by atoms with E-state index in [1.807, 2.05) is 37.2 Å². The van der Waals surface area contributed by atoms with Crippen molar-refractivity contribution in [2.75, 3.05) is 19.0 Å². The van der Waals surface area contributed by atoms with Crippen LogP contribution in [0.3, 0.4) is 0 Å². The van der Waals surface area contributed by atoms with Crippen molar-refractivity contribution in [2.45, 2.75) is 6.92 Å². The number of benzene rings is 1. The zero-order valence-electron chi connectivity index (χ0n) is 7.97. The van der Waals surface area contributed by atoms with Crippen LogP contribution in [0.15, 0.2) is 22.7 Å². The first-order chi connectivity index (χ1) is 6.02. The summed E-state index contributed by atoms with van der Waals surface area (Å²) >= 11 is 3.43. The van der Waals surface area contributed by atoms with E-state index in [-0.39, 0.29) is 5.78 Å². The van der Waals surface area contributed by atoms with E-state index >= 15 is 0 Å². The second kappa shape index (κ2) is 3.92. The van der Waals surface area contributed by atoms with Crippen LogP contribution >= 0.6 is 15.9 Å². The Bertz CT molecular complexity index is 334. The Labute approximate surface area is 86.7 Å². The number of anilines is 1. The highest BCUT2D eigenvalue weighted by atomic mass is 79.9. The van der Waals surface area contributed by atoms with Crippen molar-refractivity contribution in [3.8, 4) is 0 Å². The van der Waals surface area contributed by atoms with E-state index in [2.05, 4.69) is 15.9 Å². The number of Topliss-reactive ketones (excluding diaryl/α,β-unsaturated/α-hetero) is 1. The Hall–Kier alpha value is -0.830. The lowest BCUT2D eigenvalue weighted by Crippen LogP contribution is -2.10. The van der Waals surface area contributed by atoms with E-state index in [9.17, 15) is 4.79 Å². The second-order valence-corrected chi connectivity index (χ2v) is 3.97. The van der Waals surface area contributed by atoms with E-state index < -0.39 is 0 Å². The summed E-state index contributed by atoms with van der Waals surface area (Å²) in [5.41, 5.74) is 1.76. The first-order valence-corrected chi connectivity index (χ1v) is 4.79. The molecule has 0 radical (unpaired) electrons. The van der Waals surface area contributed by atoms with Gasteiger partial charge in [0.15, 0.2) is 5.78 Å². The lowest BCUT2D eigenvalue weighted by atomic mass is 10.1. The standard InChI is InChI=1S/C10H12BrNO/c1-7(13)8-4-5-9(11)10(6-8)12(2)3/h4-6H,1-3H3. The normalized spacial score (nSPS) is 9.85. The fraction of sp³-hybridized carbons (Fsp3) is 0.300. The van der Waals surface area contributed by atoms with Crippen molar-refractivity contribution < 1.29 is 4.79 Å². The van der Waals surface area contributed by atoms with Gasteiger partial charge in [0.2, 0.25) is 0 Å². The van der Waals surface area contributed by atoms with Gasteiger partial charge in [0, 0.05) is 24.1 Å². The molecule has 0 aliphatic carbocycles. The highest BCUT2D eigenvalue weighted by molar-refractivity contribution is 9.10. The smallest absolute Gasteiger partial charge is 0.159 e. The zero-order chi connectivity index (χ0) is 10.0. The minimum atomic E-state index is 0.0931. The number of carbonyl (C=O) groups is 1. The van der Waals surface area contributed by atoms with Gasteiger partial charge in [-0.2, -0.15) is 0 Å². The van der Waals surface area contributed by atoms with Crippen LogP contribution in [0.4, 0.5) is 5.69 Å². The molecule has 13 heavy (non-hydrogen) atoms. The zero-order valence-corrected chi connectivity index (χ0v) is 9.55. The number of rotatable bonds is 2. The van der Waals surface area contributed by atoms with Crippen LogP contribution in [0.1, 0.15) is 17.3 Å². The molecule has 0 bridgehead atoms. The van der Waals surface area contributed by atoms with Crippen LogP contribution in [0.2, 0.25) is 0 Å². The summed E-state index contributed by atoms with van der Waals surface area (Å²) in [6.07, 6.45) is 0. The van der Waals surface area contributed by atoms with E-state index in [0.717, 1.165) is 15.7 Å². The van der Waals surface area contributed by atoms with Gasteiger partial charge in [-0.3, -0.25) is 4.79 Å². The van der Waals surface area contributed by atoms with Gasteiger partial charge in [-0.1, -0.05) is 6.07 Å². The molecule has 1 aromatic rings. The maximum Gasteiger partial charge on any atom is 0.159 e. The predicted octanol–water partition coefficient (Wildman–Crippen LogP) is 2.72. The van der Waals surface area contributed by atoms with E-state index in [0.29, 0.717) is 0 Å². The molecule has 2 nitrogen and oxygen atoms in total. The second-order valence-electron chi connectivity index (χ2n) is 3.12. The minimum absolute atomic E-state index is 0.0931. The molecule has 3 heteroatoms. The summed E-state index contributed by atoms with van der Waals surface area (Å²) in [5, 5.41) is 0. The van der Waals surface area contributed by atoms with Crippen molar-refractivity contribution >= 4 is 27.4 Å². The van der Waals surface area contributed by atoms with Gasteiger partial charge in [-0.25, -0.2) is 0 Å². The molecule has 0 N–H and O–H groups in total. The van der Waals surface area contributed by atoms with Crippen LogP contribution in [-0.4, -0.2) is 19.9 Å². The molecule has 0 aromatic heterocycles. The summed E-state index contributed by atoms with van der Waals surface area (Å²) < 4.78 is 1.00. The van der Waals surface area contributed by atoms with Crippen LogP contribution in [0.5, 0.6) is 0 Å². The Morgan fingerprint density at radius 1 is 1.38 bits per heavy atom. The van der Waals surface area contributed by atoms with Crippen molar-refractivity contribution in [2.24, 2.45) is 0 Å². The number of ketones is 1. The maximum atomic E-state index is 11.1. The molecule has 0 atom stereocenters. The molecule has 0 unspecified atom stereocenters. The molecule has 0 fully saturated rings. The fourth-order valence-electron chi connectivity index (χ4n) is 1.07. The summed E-state index contributed by atoms with van der Waals surface area (Å²) in [6.45, 7) is 1.57. The van der Waals surface area contributed by atoms with Crippen molar-refractivity contribution in [3.63, 3.8) is 0 Å². The van der Waals surface area contributed by atoms with Gasteiger partial charge in [0.25, 0.3) is 0 Å². The van der Waals surface area contributed by atoms with Crippen LogP contribution in [-0.2, 0) is 0 Å². The van der Waals surface area contributed by atoms with Crippen LogP contribution < -0.4 is 4.90 Å². The van der Waals surface area contributed by atoms with Gasteiger partial charge < -0.3 is 4.90 Å². The molecule has 0 aliphatic heterocycles. The van der Waals surface area contributed by atoms with E-state index in [1.165, 1.54) is 0 Å². The number of carbonyl (C=O) groups excluding carboxylic acids is 1. The number of halogens is 1. The summed E-state index contributed by atoms with van der Waals surface area (Å²) in [7, 11) is 3.90. The van der Waals surface area contributed by atoms with Crippen molar-refractivity contribution in [1.82, 2.24) is 0 Å². The molecule has 0 amide bonds. The highest BCUT2D eigenvalue weighted by Crippen LogP contribution is 2.25. The van der Waals surface area contributed by atoms with Gasteiger partial charge in [-0.15, -0.1) is 0 Å². The average Bonchev–Trinajstić information content (AvgIpc) is 2.04. The Balaban J connectivity index is 3.19. The molecule has 1 aromatic carbocycles. The van der Waals surface area contributed by atoms with Crippen LogP contribution in [0, 0.1) is 0 Å². The van der Waals surface area contributed by atoms with Gasteiger partial charge in [0.05, 0.1) is 5.69 Å². The first kappa shape index (κ1) is 10.3. The third kappa shape index (κ3) is 2.31. The Kier molecular flexibility index (Phi) is 3.09. The van der Waals surface area contributed by atoms with Crippen molar-refractivity contribution in [1.29, 1.82) is 0 Å². The third-order valence-electron chi connectivity index (χ3n) is 1.83. The van der Waals surface area contributed by atoms with E-state index in [4.69, 9.17) is 0 Å². The molecule has 0 saturated carbocycles. The molecule has 0 aliphatic rings. The molecule has 0 spiro atoms. The monoisotopic (exact) mass is 241 g/mol. The number of nitrogens with zero attached hydrogens (tertiary/aromatic N) is 1. The Morgan fingerprint density at radius 2 is 2.00 bits per heavy atom. The van der Waals surface area contributed by atoms with Crippen molar-refractivity contribution in [3.05, 3.63) is 28.2 Å². The first-order valence-electron chi connectivity index (χ1n) is 4.00. The molecule has 1 rings (SSSR count). The number of hydrogen-bond donors (Lipinski definition) is 0. The molecule has 0 heterocycles. The summed E-state index contributed by atoms with van der Waals surface area (Å²) in [6, 6.07) is 5.60. The molecular weight excluding hydrogens is 230 g/mol. The Morgan fingerprint density at radius 3 is 2.46 bits per heavy atom. The fourth-order valence-corrected chi connectivity index (χ4v) is 1.68. The van der Waals surface area contributed by atoms with E-state index in [1.54, 1.807) is 6.92 Å². The molecule has 70 valence electrons. The average molecular weight is 242 g/mol. The molecular formula is C10H12BrNO. The SMILES string of the molecule is CC(=O)c1ccc(Br)c(N(C)C)c1. The summed E-state index contributed by atoms with van der Waals surface area (Å²) in [5.74, 6) is 0.0931.